The Labute approximate surface area is 204 Å². The van der Waals surface area contributed by atoms with Crippen LogP contribution in [0.5, 0.6) is 0 Å². The van der Waals surface area contributed by atoms with Crippen molar-refractivity contribution < 1.29 is 33.1 Å². The van der Waals surface area contributed by atoms with Gasteiger partial charge in [0.25, 0.3) is 5.91 Å². The molecule has 34 heavy (non-hydrogen) atoms. The average Bonchev–Trinajstić information content (AvgIpc) is 3.48. The highest BCUT2D eigenvalue weighted by atomic mass is 35.5. The van der Waals surface area contributed by atoms with Gasteiger partial charge in [-0.3, -0.25) is 10.1 Å². The number of nitrogens with one attached hydrogen (secondary N) is 2. The molecule has 3 rings (SSSR count). The molecule has 4 amide bonds. The molecule has 2 heterocycles. The minimum Gasteiger partial charge on any atom is -0.352 e. The third kappa shape index (κ3) is 6.02. The Morgan fingerprint density at radius 3 is 2.56 bits per heavy atom. The van der Waals surface area contributed by atoms with Crippen LogP contribution in [0.3, 0.4) is 0 Å². The third-order valence-electron chi connectivity index (χ3n) is 6.28. The van der Waals surface area contributed by atoms with E-state index in [9.17, 15) is 19.2 Å². The van der Waals surface area contributed by atoms with Gasteiger partial charge in [0.2, 0.25) is 0 Å². The van der Waals surface area contributed by atoms with E-state index >= 15 is 0 Å². The highest BCUT2D eigenvalue weighted by Gasteiger charge is 2.52. The minimum atomic E-state index is -0.864. The number of nitrogens with zero attached hydrogens (tertiary/aromatic N) is 1. The number of carbonyl (C=O) groups excluding carboxylic acids is 4. The Bertz CT molecular complexity index is 902. The van der Waals surface area contributed by atoms with Crippen molar-refractivity contribution >= 4 is 35.7 Å². The number of urea groups is 1. The summed E-state index contributed by atoms with van der Waals surface area (Å²) in [7, 11) is 0. The van der Waals surface area contributed by atoms with Crippen LogP contribution < -0.4 is 10.6 Å². The topological polar surface area (TPSA) is 111 Å². The zero-order chi connectivity index (χ0) is 24.7. The van der Waals surface area contributed by atoms with Crippen LogP contribution in [0.15, 0.2) is 24.3 Å². The van der Waals surface area contributed by atoms with Gasteiger partial charge in [0, 0.05) is 25.7 Å². The second-order valence-electron chi connectivity index (χ2n) is 9.04. The van der Waals surface area contributed by atoms with Crippen LogP contribution in [-0.4, -0.2) is 66.9 Å². The molecule has 9 nitrogen and oxygen atoms in total. The zero-order valence-corrected chi connectivity index (χ0v) is 20.4. The van der Waals surface area contributed by atoms with Crippen LogP contribution in [-0.2, 0) is 19.1 Å². The lowest BCUT2D eigenvalue weighted by molar-refractivity contribution is -0.761. The fourth-order valence-electron chi connectivity index (χ4n) is 4.39. The molecule has 1 aromatic carbocycles. The van der Waals surface area contributed by atoms with E-state index in [0.29, 0.717) is 31.0 Å². The summed E-state index contributed by atoms with van der Waals surface area (Å²) in [6.07, 6.45) is 2.57. The first-order valence-corrected chi connectivity index (χ1v) is 12.1. The summed E-state index contributed by atoms with van der Waals surface area (Å²) in [5.74, 6) is -1.03. The number of hydrogen-bond acceptors (Lipinski definition) is 6. The van der Waals surface area contributed by atoms with Crippen molar-refractivity contribution in [3.63, 3.8) is 0 Å². The molecule has 2 fully saturated rings. The number of halogens is 1. The van der Waals surface area contributed by atoms with Crippen molar-refractivity contribution in [3.05, 3.63) is 34.9 Å². The Morgan fingerprint density at radius 1 is 1.21 bits per heavy atom. The minimum absolute atomic E-state index is 0.235. The summed E-state index contributed by atoms with van der Waals surface area (Å²) in [6, 6.07) is 5.34. The predicted octanol–water partition coefficient (Wildman–Crippen LogP) is 3.01. The second-order valence-corrected chi connectivity index (χ2v) is 9.45. The fraction of sp³-hybridized carbons (Fsp3) is 0.583. The van der Waals surface area contributed by atoms with Gasteiger partial charge >= 0.3 is 11.9 Å². The number of imide groups is 1. The number of aldehydes is 1. The van der Waals surface area contributed by atoms with Gasteiger partial charge < -0.3 is 19.6 Å². The third-order valence-corrected chi connectivity index (χ3v) is 6.61. The summed E-state index contributed by atoms with van der Waals surface area (Å²) in [6.45, 7) is 4.65. The molecule has 0 bridgehead atoms. The SMILES string of the molecule is CC(C)[C@H](NC(=O)c1ccccc1Cl)C(=O)[N+]1(C(=O)N[C@H]2CC[C@@H](OCCC=O)O2)CCCC1. The summed E-state index contributed by atoms with van der Waals surface area (Å²) < 4.78 is 10.8. The number of quaternary nitrogens is 1. The predicted molar refractivity (Wildman–Crippen MR) is 125 cm³/mol. The van der Waals surface area contributed by atoms with Gasteiger partial charge in [0.05, 0.1) is 30.3 Å². The van der Waals surface area contributed by atoms with Gasteiger partial charge in [-0.1, -0.05) is 37.6 Å². The van der Waals surface area contributed by atoms with E-state index < -0.39 is 30.5 Å². The lowest BCUT2D eigenvalue weighted by Gasteiger charge is -2.33. The summed E-state index contributed by atoms with van der Waals surface area (Å²) in [5, 5.41) is 5.96. The Morgan fingerprint density at radius 2 is 1.91 bits per heavy atom. The van der Waals surface area contributed by atoms with Crippen LogP contribution in [0.1, 0.15) is 56.3 Å². The number of amides is 4. The normalized spacial score (nSPS) is 22.4. The van der Waals surface area contributed by atoms with Gasteiger partial charge in [-0.15, -0.1) is 0 Å². The molecule has 0 radical (unpaired) electrons. The first kappa shape index (κ1) is 26.3. The molecule has 0 unspecified atom stereocenters. The molecule has 2 aliphatic heterocycles. The maximum Gasteiger partial charge on any atom is 0.426 e. The van der Waals surface area contributed by atoms with Crippen molar-refractivity contribution in [1.82, 2.24) is 10.6 Å². The molecular weight excluding hydrogens is 462 g/mol. The molecule has 0 aliphatic carbocycles. The molecule has 2 N–H and O–H groups in total. The van der Waals surface area contributed by atoms with Crippen LogP contribution in [0.2, 0.25) is 5.02 Å². The van der Waals surface area contributed by atoms with Crippen LogP contribution >= 0.6 is 11.6 Å². The van der Waals surface area contributed by atoms with Gasteiger partial charge in [-0.2, -0.15) is 4.48 Å². The van der Waals surface area contributed by atoms with Gasteiger partial charge in [0.1, 0.15) is 18.6 Å². The molecule has 0 saturated carbocycles. The van der Waals surface area contributed by atoms with Gasteiger partial charge in [-0.25, -0.2) is 9.59 Å². The fourth-order valence-corrected chi connectivity index (χ4v) is 4.61. The molecule has 0 spiro atoms. The van der Waals surface area contributed by atoms with E-state index in [-0.39, 0.29) is 34.9 Å². The van der Waals surface area contributed by atoms with Crippen molar-refractivity contribution in [2.24, 2.45) is 5.92 Å². The van der Waals surface area contributed by atoms with Crippen LogP contribution in [0, 0.1) is 5.92 Å². The van der Waals surface area contributed by atoms with Crippen LogP contribution in [0.25, 0.3) is 0 Å². The molecule has 2 saturated heterocycles. The van der Waals surface area contributed by atoms with Gasteiger partial charge in [0.15, 0.2) is 6.29 Å². The van der Waals surface area contributed by atoms with Crippen molar-refractivity contribution in [1.29, 1.82) is 0 Å². The molecule has 3 atom stereocenters. The maximum absolute atomic E-state index is 13.8. The summed E-state index contributed by atoms with van der Waals surface area (Å²) in [5.41, 5.74) is 0.278. The lowest BCUT2D eigenvalue weighted by Crippen LogP contribution is -2.66. The standard InChI is InChI=1S/C24H32ClN3O6/c1-16(2)21(27-22(30)17-8-3-4-9-18(17)25)23(31)28(12-5-6-13-28)24(32)26-19-10-11-20(34-19)33-15-7-14-29/h3-4,8-9,14,16,19-21H,5-7,10-13,15H2,1-2H3,(H-,26,27,30,32)/p+1/t19-,20+,21+/m1/s1. The number of benzene rings is 1. The van der Waals surface area contributed by atoms with Crippen molar-refractivity contribution in [2.45, 2.75) is 64.5 Å². The summed E-state index contributed by atoms with van der Waals surface area (Å²) >= 11 is 6.16. The maximum atomic E-state index is 13.8. The number of rotatable bonds is 9. The first-order chi connectivity index (χ1) is 16.3. The smallest absolute Gasteiger partial charge is 0.352 e. The number of likely N-dealkylation sites (tertiary alicyclic amines) is 1. The number of ether oxygens (including phenoxy) is 2. The van der Waals surface area contributed by atoms with Crippen molar-refractivity contribution in [2.75, 3.05) is 19.7 Å². The van der Waals surface area contributed by atoms with Crippen molar-refractivity contribution in [3.8, 4) is 0 Å². The molecule has 1 aromatic rings. The highest BCUT2D eigenvalue weighted by Crippen LogP contribution is 2.26. The largest absolute Gasteiger partial charge is 0.426 e. The van der Waals surface area contributed by atoms with Crippen LogP contribution in [0.4, 0.5) is 4.79 Å². The Hall–Kier alpha value is -2.33. The van der Waals surface area contributed by atoms with E-state index in [1.807, 2.05) is 13.8 Å². The van der Waals surface area contributed by atoms with Gasteiger partial charge in [-0.05, 0) is 24.5 Å². The molecule has 0 aromatic heterocycles. The van der Waals surface area contributed by atoms with E-state index in [2.05, 4.69) is 10.6 Å². The quantitative estimate of drug-likeness (QED) is 0.310. The molecule has 10 heteroatoms. The first-order valence-electron chi connectivity index (χ1n) is 11.8. The molecule has 186 valence electrons. The van der Waals surface area contributed by atoms with E-state index in [1.54, 1.807) is 24.3 Å². The Balaban J connectivity index is 1.70. The van der Waals surface area contributed by atoms with E-state index in [4.69, 9.17) is 21.1 Å². The van der Waals surface area contributed by atoms with E-state index in [0.717, 1.165) is 19.1 Å². The number of hydrogen-bond donors (Lipinski definition) is 2. The second kappa shape index (κ2) is 11.9. The monoisotopic (exact) mass is 494 g/mol. The molecular formula is C24H33ClN3O6+. The molecule has 2 aliphatic rings. The zero-order valence-electron chi connectivity index (χ0n) is 19.6. The summed E-state index contributed by atoms with van der Waals surface area (Å²) in [4.78, 5) is 50.5. The Kier molecular flexibility index (Phi) is 9.18. The van der Waals surface area contributed by atoms with E-state index in [1.165, 1.54) is 0 Å². The average molecular weight is 495 g/mol. The highest BCUT2D eigenvalue weighted by molar-refractivity contribution is 6.33. The lowest BCUT2D eigenvalue weighted by atomic mass is 10.0. The number of carbonyl (C=O) groups is 4.